The molecule has 0 saturated heterocycles. The van der Waals surface area contributed by atoms with E-state index in [9.17, 15) is 22.8 Å². The molecule has 2 rings (SSSR count). The number of hydrogen-bond donors (Lipinski definition) is 2. The number of nitrogens with zero attached hydrogens (tertiary/aromatic N) is 3. The van der Waals surface area contributed by atoms with Gasteiger partial charge < -0.3 is 10.4 Å². The van der Waals surface area contributed by atoms with E-state index in [4.69, 9.17) is 5.11 Å². The number of rotatable bonds is 4. The quantitative estimate of drug-likeness (QED) is 0.819. The smallest absolute Gasteiger partial charge is 0.411 e. The van der Waals surface area contributed by atoms with Crippen LogP contribution in [0.15, 0.2) is 6.20 Å². The van der Waals surface area contributed by atoms with Gasteiger partial charge in [0.05, 0.1) is 6.20 Å². The van der Waals surface area contributed by atoms with Gasteiger partial charge in [0.15, 0.2) is 5.69 Å². The van der Waals surface area contributed by atoms with Crippen molar-refractivity contribution in [2.75, 3.05) is 0 Å². The highest BCUT2D eigenvalue weighted by Gasteiger charge is 2.64. The number of carboxylic acid groups (broad SMARTS) is 1. The molecule has 0 radical (unpaired) electrons. The molecule has 1 aromatic rings. The molecule has 2 N–H and O–H groups in total. The van der Waals surface area contributed by atoms with E-state index in [0.29, 0.717) is 0 Å². The molecule has 0 atom stereocenters. The topological polar surface area (TPSA) is 97.1 Å². The minimum atomic E-state index is -4.51. The summed E-state index contributed by atoms with van der Waals surface area (Å²) >= 11 is 0. The molecule has 1 fully saturated rings. The SMILES string of the molecule is O=C(O)Cn1cc(C(=O)NC2(C(F)(F)F)CC2)nn1. The standard InChI is InChI=1S/C9H9F3N4O3/c10-9(11,12)8(1-2-8)13-7(19)5-3-16(15-14-5)4-6(17)18/h3H,1-2,4H2,(H,13,19)(H,17,18). The van der Waals surface area contributed by atoms with Crippen LogP contribution in [0.2, 0.25) is 0 Å². The lowest BCUT2D eigenvalue weighted by molar-refractivity contribution is -0.163. The number of alkyl halides is 3. The Morgan fingerprint density at radius 3 is 2.58 bits per heavy atom. The van der Waals surface area contributed by atoms with Crippen LogP contribution in [0.4, 0.5) is 13.2 Å². The first-order valence-corrected chi connectivity index (χ1v) is 5.25. The van der Waals surface area contributed by atoms with Crippen LogP contribution in [0, 0.1) is 0 Å². The average Bonchev–Trinajstić information content (AvgIpc) is 2.90. The molecule has 0 spiro atoms. The van der Waals surface area contributed by atoms with Crippen LogP contribution in [0.3, 0.4) is 0 Å². The predicted molar refractivity (Wildman–Crippen MR) is 53.1 cm³/mol. The Kier molecular flexibility index (Phi) is 2.95. The molecule has 0 unspecified atom stereocenters. The minimum Gasteiger partial charge on any atom is -0.480 e. The number of hydrogen-bond acceptors (Lipinski definition) is 4. The number of aliphatic carboxylic acids is 1. The second-order valence-corrected chi connectivity index (χ2v) is 4.23. The maximum absolute atomic E-state index is 12.6. The number of carbonyl (C=O) groups is 2. The molecule has 1 aliphatic carbocycles. The van der Waals surface area contributed by atoms with Gasteiger partial charge >= 0.3 is 12.1 Å². The number of carboxylic acids is 1. The number of halogens is 3. The van der Waals surface area contributed by atoms with Gasteiger partial charge in [-0.1, -0.05) is 5.21 Å². The van der Waals surface area contributed by atoms with E-state index >= 15 is 0 Å². The van der Waals surface area contributed by atoms with Crippen LogP contribution in [0.5, 0.6) is 0 Å². The molecule has 1 aromatic heterocycles. The van der Waals surface area contributed by atoms with E-state index in [0.717, 1.165) is 10.9 Å². The van der Waals surface area contributed by atoms with Crippen LogP contribution >= 0.6 is 0 Å². The third kappa shape index (κ3) is 2.66. The van der Waals surface area contributed by atoms with Crippen molar-refractivity contribution in [2.24, 2.45) is 0 Å². The average molecular weight is 278 g/mol. The summed E-state index contributed by atoms with van der Waals surface area (Å²) in [6.07, 6.45) is -3.88. The summed E-state index contributed by atoms with van der Waals surface area (Å²) in [5.74, 6) is -2.22. The summed E-state index contributed by atoms with van der Waals surface area (Å²) in [6, 6.07) is 0. The number of carbonyl (C=O) groups excluding carboxylic acids is 1. The number of amides is 1. The Morgan fingerprint density at radius 1 is 1.47 bits per heavy atom. The molecular weight excluding hydrogens is 269 g/mol. The molecular formula is C9H9F3N4O3. The van der Waals surface area contributed by atoms with Gasteiger partial charge in [0.1, 0.15) is 12.1 Å². The largest absolute Gasteiger partial charge is 0.480 e. The lowest BCUT2D eigenvalue weighted by Crippen LogP contribution is -2.47. The summed E-state index contributed by atoms with van der Waals surface area (Å²) in [7, 11) is 0. The van der Waals surface area contributed by atoms with E-state index in [1.54, 1.807) is 0 Å². The second-order valence-electron chi connectivity index (χ2n) is 4.23. The van der Waals surface area contributed by atoms with Crippen molar-refractivity contribution in [1.82, 2.24) is 20.3 Å². The van der Waals surface area contributed by atoms with Crippen molar-refractivity contribution < 1.29 is 27.9 Å². The third-order valence-corrected chi connectivity index (χ3v) is 2.71. The van der Waals surface area contributed by atoms with E-state index in [1.165, 1.54) is 0 Å². The minimum absolute atomic E-state index is 0.175. The molecule has 1 aliphatic rings. The lowest BCUT2D eigenvalue weighted by atomic mass is 10.2. The molecule has 104 valence electrons. The molecule has 1 amide bonds. The zero-order valence-electron chi connectivity index (χ0n) is 9.44. The maximum Gasteiger partial charge on any atom is 0.411 e. The predicted octanol–water partition coefficient (Wildman–Crippen LogP) is 0.187. The first kappa shape index (κ1) is 13.3. The van der Waals surface area contributed by atoms with Crippen molar-refractivity contribution >= 4 is 11.9 Å². The van der Waals surface area contributed by atoms with E-state index in [2.05, 4.69) is 10.3 Å². The molecule has 1 saturated carbocycles. The molecule has 19 heavy (non-hydrogen) atoms. The monoisotopic (exact) mass is 278 g/mol. The highest BCUT2D eigenvalue weighted by molar-refractivity contribution is 5.92. The molecule has 1 heterocycles. The van der Waals surface area contributed by atoms with Crippen LogP contribution in [0.25, 0.3) is 0 Å². The fraction of sp³-hybridized carbons (Fsp3) is 0.556. The van der Waals surface area contributed by atoms with Gasteiger partial charge in [-0.05, 0) is 12.8 Å². The summed E-state index contributed by atoms with van der Waals surface area (Å²) in [6.45, 7) is -0.523. The van der Waals surface area contributed by atoms with Crippen molar-refractivity contribution in [3.8, 4) is 0 Å². The van der Waals surface area contributed by atoms with Gasteiger partial charge in [-0.2, -0.15) is 13.2 Å². The molecule has 10 heteroatoms. The van der Waals surface area contributed by atoms with Crippen molar-refractivity contribution in [3.05, 3.63) is 11.9 Å². The first-order chi connectivity index (χ1) is 8.73. The van der Waals surface area contributed by atoms with Gasteiger partial charge in [-0.25, -0.2) is 4.68 Å². The van der Waals surface area contributed by atoms with Crippen molar-refractivity contribution in [1.29, 1.82) is 0 Å². The van der Waals surface area contributed by atoms with Crippen LogP contribution in [0.1, 0.15) is 23.3 Å². The second kappa shape index (κ2) is 4.21. The van der Waals surface area contributed by atoms with E-state index in [-0.39, 0.29) is 18.5 Å². The van der Waals surface area contributed by atoms with Crippen molar-refractivity contribution in [2.45, 2.75) is 31.1 Å². The molecule has 0 aromatic carbocycles. The highest BCUT2D eigenvalue weighted by Crippen LogP contribution is 2.48. The Labute approximate surface area is 104 Å². The Bertz CT molecular complexity index is 521. The molecule has 0 bridgehead atoms. The summed E-state index contributed by atoms with van der Waals surface area (Å²) in [5, 5.41) is 17.0. The zero-order valence-corrected chi connectivity index (χ0v) is 9.44. The fourth-order valence-electron chi connectivity index (χ4n) is 1.50. The Morgan fingerprint density at radius 2 is 2.11 bits per heavy atom. The lowest BCUT2D eigenvalue weighted by Gasteiger charge is -2.19. The van der Waals surface area contributed by atoms with Gasteiger partial charge in [0, 0.05) is 0 Å². The zero-order chi connectivity index (χ0) is 14.3. The summed E-state index contributed by atoms with van der Waals surface area (Å²) in [5.41, 5.74) is -2.53. The highest BCUT2D eigenvalue weighted by atomic mass is 19.4. The van der Waals surface area contributed by atoms with E-state index < -0.39 is 30.1 Å². The normalized spacial score (nSPS) is 17.0. The maximum atomic E-state index is 12.6. The van der Waals surface area contributed by atoms with Crippen molar-refractivity contribution in [3.63, 3.8) is 0 Å². The summed E-state index contributed by atoms with van der Waals surface area (Å²) < 4.78 is 38.7. The molecule has 0 aliphatic heterocycles. The number of aromatic nitrogens is 3. The van der Waals surface area contributed by atoms with Gasteiger partial charge in [-0.3, -0.25) is 9.59 Å². The van der Waals surface area contributed by atoms with Gasteiger partial charge in [0.2, 0.25) is 0 Å². The van der Waals surface area contributed by atoms with Crippen LogP contribution < -0.4 is 5.32 Å². The first-order valence-electron chi connectivity index (χ1n) is 5.25. The molecule has 7 nitrogen and oxygen atoms in total. The Balaban J connectivity index is 2.05. The van der Waals surface area contributed by atoms with Gasteiger partial charge in [-0.15, -0.1) is 5.10 Å². The van der Waals surface area contributed by atoms with E-state index in [1.807, 2.05) is 5.32 Å². The third-order valence-electron chi connectivity index (χ3n) is 2.71. The Hall–Kier alpha value is -2.13. The number of nitrogens with one attached hydrogen (secondary N) is 1. The van der Waals surface area contributed by atoms with Gasteiger partial charge in [0.25, 0.3) is 5.91 Å². The van der Waals surface area contributed by atoms with Crippen LogP contribution in [-0.4, -0.2) is 43.7 Å². The van der Waals surface area contributed by atoms with Crippen LogP contribution in [-0.2, 0) is 11.3 Å². The summed E-state index contributed by atoms with van der Waals surface area (Å²) in [4.78, 5) is 22.0. The fourth-order valence-corrected chi connectivity index (χ4v) is 1.50.